The third kappa shape index (κ3) is 3.23. The zero-order chi connectivity index (χ0) is 24.9. The number of hydrogen-bond acceptors (Lipinski definition) is 4. The van der Waals surface area contributed by atoms with Crippen LogP contribution in [0.4, 0.5) is 0 Å². The van der Waals surface area contributed by atoms with E-state index in [1.165, 1.54) is 25.7 Å². The van der Waals surface area contributed by atoms with E-state index in [4.69, 9.17) is 4.74 Å². The molecule has 0 aromatic rings. The Kier molecular flexibility index (Phi) is 5.62. The minimum atomic E-state index is -1.02. The van der Waals surface area contributed by atoms with Crippen LogP contribution in [0.3, 0.4) is 0 Å². The predicted octanol–water partition coefficient (Wildman–Crippen LogP) is 5.70. The van der Waals surface area contributed by atoms with E-state index in [9.17, 15) is 15.0 Å². The van der Waals surface area contributed by atoms with E-state index in [1.54, 1.807) is 19.4 Å². The van der Waals surface area contributed by atoms with E-state index in [0.717, 1.165) is 25.7 Å². The number of allylic oxidation sites excluding steroid dienone is 2. The fourth-order valence-electron chi connectivity index (χ4n) is 10.1. The van der Waals surface area contributed by atoms with Crippen molar-refractivity contribution in [3.05, 3.63) is 11.6 Å². The zero-order valence-electron chi connectivity index (χ0n) is 22.6. The van der Waals surface area contributed by atoms with Crippen molar-refractivity contribution in [1.82, 2.24) is 0 Å². The standard InChI is InChI=1S/C30H48O4/c1-26(2)23-9-8-21-20(28(23,5)13-12-24(26)32)11-15-29(6)19(10-14-30(21,29)7)18-16-22(31)25(34-17-18)27(3,4)33/h8,18-20,22-23,25,31,33H,9-17H2,1-7H3/t18-,19-,20+,22-,23+,25+,28-,29+,30-/m1/s1. The van der Waals surface area contributed by atoms with E-state index in [0.29, 0.717) is 36.1 Å². The van der Waals surface area contributed by atoms with E-state index < -0.39 is 17.8 Å². The molecule has 0 aromatic carbocycles. The highest BCUT2D eigenvalue weighted by atomic mass is 16.5. The summed E-state index contributed by atoms with van der Waals surface area (Å²) in [6.07, 6.45) is 9.84. The van der Waals surface area contributed by atoms with Crippen LogP contribution in [0, 0.1) is 45.3 Å². The summed E-state index contributed by atoms with van der Waals surface area (Å²) in [5.41, 5.74) is 1.05. The molecule has 0 spiro atoms. The predicted molar refractivity (Wildman–Crippen MR) is 134 cm³/mol. The quantitative estimate of drug-likeness (QED) is 0.506. The summed E-state index contributed by atoms with van der Waals surface area (Å²) in [5.74, 6) is 2.37. The molecule has 5 rings (SSSR count). The number of fused-ring (bicyclic) bond motifs is 5. The number of ketones is 1. The summed E-state index contributed by atoms with van der Waals surface area (Å²) in [6.45, 7) is 16.1. The molecule has 5 aliphatic rings. The molecule has 0 amide bonds. The Morgan fingerprint density at radius 3 is 2.41 bits per heavy atom. The van der Waals surface area contributed by atoms with Crippen LogP contribution in [0.1, 0.15) is 99.8 Å². The molecule has 1 saturated heterocycles. The lowest BCUT2D eigenvalue weighted by atomic mass is 9.41. The molecule has 34 heavy (non-hydrogen) atoms. The van der Waals surface area contributed by atoms with E-state index in [1.807, 2.05) is 0 Å². The van der Waals surface area contributed by atoms with E-state index >= 15 is 0 Å². The first-order valence-electron chi connectivity index (χ1n) is 13.9. The van der Waals surface area contributed by atoms with Crippen LogP contribution < -0.4 is 0 Å². The Morgan fingerprint density at radius 1 is 1.06 bits per heavy atom. The van der Waals surface area contributed by atoms with Gasteiger partial charge in [-0.25, -0.2) is 0 Å². The second kappa shape index (κ2) is 7.65. The number of aliphatic hydroxyl groups is 2. The van der Waals surface area contributed by atoms with Crippen LogP contribution in [0.15, 0.2) is 11.6 Å². The van der Waals surface area contributed by atoms with Crippen LogP contribution in [-0.4, -0.2) is 40.4 Å². The molecule has 4 heteroatoms. The van der Waals surface area contributed by atoms with E-state index in [-0.39, 0.29) is 21.7 Å². The lowest BCUT2D eigenvalue weighted by Gasteiger charge is -2.63. The van der Waals surface area contributed by atoms with Crippen molar-refractivity contribution in [1.29, 1.82) is 0 Å². The SMILES string of the molecule is CC(C)(O)[C@H]1OC[C@H]([C@H]2CC[C@]3(C)C4=CC[C@H]5C(C)(C)C(=O)CC[C@]5(C)[C@H]4CC[C@@]23C)C[C@H]1O. The Labute approximate surface area is 206 Å². The van der Waals surface area contributed by atoms with Crippen LogP contribution >= 0.6 is 0 Å². The zero-order valence-corrected chi connectivity index (χ0v) is 22.6. The number of carbonyl (C=O) groups excluding carboxylic acids is 1. The molecule has 192 valence electrons. The average molecular weight is 473 g/mol. The molecule has 3 saturated carbocycles. The number of ether oxygens (including phenoxy) is 1. The average Bonchev–Trinajstić information content (AvgIpc) is 3.02. The fraction of sp³-hybridized carbons (Fsp3) is 0.900. The van der Waals surface area contributed by atoms with Crippen LogP contribution in [0.2, 0.25) is 0 Å². The maximum Gasteiger partial charge on any atom is 0.138 e. The highest BCUT2D eigenvalue weighted by Gasteiger charge is 2.66. The molecular formula is C30H48O4. The number of carbonyl (C=O) groups is 1. The Hall–Kier alpha value is -0.710. The molecule has 4 nitrogen and oxygen atoms in total. The molecule has 4 fully saturated rings. The minimum absolute atomic E-state index is 0.179. The Bertz CT molecular complexity index is 883. The summed E-state index contributed by atoms with van der Waals surface area (Å²) >= 11 is 0. The van der Waals surface area contributed by atoms with Crippen molar-refractivity contribution < 1.29 is 19.7 Å². The van der Waals surface area contributed by atoms with Crippen molar-refractivity contribution >= 4 is 5.78 Å². The maximum absolute atomic E-state index is 12.8. The lowest BCUT2D eigenvalue weighted by molar-refractivity contribution is -0.187. The van der Waals surface area contributed by atoms with Crippen molar-refractivity contribution in [2.75, 3.05) is 6.61 Å². The van der Waals surface area contributed by atoms with Crippen LogP contribution in [0.25, 0.3) is 0 Å². The van der Waals surface area contributed by atoms with Gasteiger partial charge in [-0.2, -0.15) is 0 Å². The third-order valence-corrected chi connectivity index (χ3v) is 12.3. The van der Waals surface area contributed by atoms with Gasteiger partial charge < -0.3 is 14.9 Å². The first kappa shape index (κ1) is 25.0. The largest absolute Gasteiger partial charge is 0.390 e. The number of hydrogen-bond donors (Lipinski definition) is 2. The van der Waals surface area contributed by atoms with Gasteiger partial charge in [0.25, 0.3) is 0 Å². The summed E-state index contributed by atoms with van der Waals surface area (Å²) < 4.78 is 6.12. The van der Waals surface area contributed by atoms with Crippen molar-refractivity contribution in [3.8, 4) is 0 Å². The molecule has 4 aliphatic carbocycles. The summed E-state index contributed by atoms with van der Waals surface area (Å²) in [6, 6.07) is 0. The second-order valence-electron chi connectivity index (χ2n) is 14.6. The molecule has 0 aromatic heterocycles. The monoisotopic (exact) mass is 472 g/mol. The van der Waals surface area contributed by atoms with E-state index in [2.05, 4.69) is 40.7 Å². The second-order valence-corrected chi connectivity index (χ2v) is 14.6. The van der Waals surface area contributed by atoms with Crippen LogP contribution in [-0.2, 0) is 9.53 Å². The Morgan fingerprint density at radius 2 is 1.76 bits per heavy atom. The van der Waals surface area contributed by atoms with Gasteiger partial charge in [-0.05, 0) is 98.7 Å². The smallest absolute Gasteiger partial charge is 0.138 e. The molecule has 0 unspecified atom stereocenters. The minimum Gasteiger partial charge on any atom is -0.390 e. The summed E-state index contributed by atoms with van der Waals surface area (Å²) in [5, 5.41) is 21.3. The highest BCUT2D eigenvalue weighted by Crippen LogP contribution is 2.73. The van der Waals surface area contributed by atoms with Gasteiger partial charge in [0, 0.05) is 11.8 Å². The highest BCUT2D eigenvalue weighted by molar-refractivity contribution is 5.85. The summed E-state index contributed by atoms with van der Waals surface area (Å²) in [4.78, 5) is 12.8. The number of Topliss-reactive ketones (excluding diaryl/α,β-unsaturated/α-hetero) is 1. The van der Waals surface area contributed by atoms with Gasteiger partial charge in [0.1, 0.15) is 11.9 Å². The number of rotatable bonds is 2. The first-order valence-corrected chi connectivity index (χ1v) is 13.9. The molecule has 9 atom stereocenters. The molecule has 0 bridgehead atoms. The molecule has 1 heterocycles. The lowest BCUT2D eigenvalue weighted by Crippen LogP contribution is -2.58. The molecule has 0 radical (unpaired) electrons. The van der Waals surface area contributed by atoms with Gasteiger partial charge in [-0.3, -0.25) is 4.79 Å². The normalized spacial score (nSPS) is 50.7. The molecule has 1 aliphatic heterocycles. The third-order valence-electron chi connectivity index (χ3n) is 12.3. The first-order chi connectivity index (χ1) is 15.7. The van der Waals surface area contributed by atoms with Gasteiger partial charge >= 0.3 is 0 Å². The number of aliphatic hydroxyl groups excluding tert-OH is 1. The van der Waals surface area contributed by atoms with Crippen molar-refractivity contribution in [2.24, 2.45) is 45.3 Å². The van der Waals surface area contributed by atoms with Gasteiger partial charge in [0.05, 0.1) is 18.3 Å². The topological polar surface area (TPSA) is 66.8 Å². The van der Waals surface area contributed by atoms with Gasteiger partial charge in [-0.15, -0.1) is 0 Å². The molecular weight excluding hydrogens is 424 g/mol. The summed E-state index contributed by atoms with van der Waals surface area (Å²) in [7, 11) is 0. The maximum atomic E-state index is 12.8. The van der Waals surface area contributed by atoms with Gasteiger partial charge in [0.2, 0.25) is 0 Å². The fourth-order valence-corrected chi connectivity index (χ4v) is 10.1. The molecule has 2 N–H and O–H groups in total. The van der Waals surface area contributed by atoms with Crippen LogP contribution in [0.5, 0.6) is 0 Å². The van der Waals surface area contributed by atoms with Gasteiger partial charge in [-0.1, -0.05) is 46.3 Å². The van der Waals surface area contributed by atoms with Crippen molar-refractivity contribution in [3.63, 3.8) is 0 Å². The Balaban J connectivity index is 1.43. The van der Waals surface area contributed by atoms with Gasteiger partial charge in [0.15, 0.2) is 0 Å². The van der Waals surface area contributed by atoms with Crippen molar-refractivity contribution in [2.45, 2.75) is 118 Å².